The smallest absolute Gasteiger partial charge is 0.306 e. The Labute approximate surface area is 120 Å². The molecule has 0 radical (unpaired) electrons. The van der Waals surface area contributed by atoms with Gasteiger partial charge in [0.15, 0.2) is 0 Å². The first-order valence-electron chi connectivity index (χ1n) is 6.54. The third-order valence-corrected chi connectivity index (χ3v) is 4.37. The Morgan fingerprint density at radius 2 is 2.30 bits per heavy atom. The summed E-state index contributed by atoms with van der Waals surface area (Å²) in [5.41, 5.74) is 0. The second kappa shape index (κ2) is 5.72. The normalized spacial score (nSPS) is 17.4. The van der Waals surface area contributed by atoms with Gasteiger partial charge in [-0.15, -0.1) is 11.3 Å². The summed E-state index contributed by atoms with van der Waals surface area (Å²) in [6.45, 7) is 2.10. The van der Waals surface area contributed by atoms with E-state index in [-0.39, 0.29) is 5.92 Å². The highest BCUT2D eigenvalue weighted by molar-refractivity contribution is 7.13. The van der Waals surface area contributed by atoms with E-state index in [4.69, 9.17) is 9.63 Å². The minimum Gasteiger partial charge on any atom is -0.481 e. The molecule has 2 aromatic heterocycles. The number of hydrogen-bond donors (Lipinski definition) is 1. The third-order valence-electron chi connectivity index (χ3n) is 3.51. The molecular weight excluding hydrogens is 278 g/mol. The second-order valence-corrected chi connectivity index (χ2v) is 5.83. The van der Waals surface area contributed by atoms with Crippen LogP contribution in [-0.2, 0) is 11.3 Å². The van der Waals surface area contributed by atoms with Crippen molar-refractivity contribution in [3.8, 4) is 10.7 Å². The molecule has 3 rings (SSSR count). The molecule has 1 aliphatic rings. The SMILES string of the molecule is O=C(O)C1CCN(Cc2nc(-c3cccs3)no2)CC1. The highest BCUT2D eigenvalue weighted by Crippen LogP contribution is 2.23. The fraction of sp³-hybridized carbons (Fsp3) is 0.462. The van der Waals surface area contributed by atoms with E-state index in [1.54, 1.807) is 11.3 Å². The Kier molecular flexibility index (Phi) is 3.79. The second-order valence-electron chi connectivity index (χ2n) is 4.88. The largest absolute Gasteiger partial charge is 0.481 e. The molecule has 0 saturated carbocycles. The molecule has 3 heterocycles. The molecule has 0 bridgehead atoms. The number of carbonyl (C=O) groups is 1. The van der Waals surface area contributed by atoms with Crippen LogP contribution in [0.4, 0.5) is 0 Å². The summed E-state index contributed by atoms with van der Waals surface area (Å²) in [6.07, 6.45) is 1.36. The molecule has 0 aliphatic carbocycles. The third kappa shape index (κ3) is 2.88. The molecule has 0 atom stereocenters. The van der Waals surface area contributed by atoms with Crippen molar-refractivity contribution in [2.45, 2.75) is 19.4 Å². The van der Waals surface area contributed by atoms with Crippen LogP contribution in [0.15, 0.2) is 22.0 Å². The number of carboxylic acids is 1. The van der Waals surface area contributed by atoms with Gasteiger partial charge in [-0.05, 0) is 37.4 Å². The van der Waals surface area contributed by atoms with Crippen LogP contribution in [0.3, 0.4) is 0 Å². The fourth-order valence-corrected chi connectivity index (χ4v) is 3.00. The number of likely N-dealkylation sites (tertiary alicyclic amines) is 1. The minimum atomic E-state index is -0.692. The Bertz CT molecular complexity index is 573. The van der Waals surface area contributed by atoms with Gasteiger partial charge >= 0.3 is 5.97 Å². The monoisotopic (exact) mass is 293 g/mol. The van der Waals surface area contributed by atoms with Crippen molar-refractivity contribution in [3.05, 3.63) is 23.4 Å². The summed E-state index contributed by atoms with van der Waals surface area (Å²) in [7, 11) is 0. The van der Waals surface area contributed by atoms with Gasteiger partial charge in [-0.2, -0.15) is 4.98 Å². The first-order valence-corrected chi connectivity index (χ1v) is 7.42. The molecule has 106 valence electrons. The summed E-state index contributed by atoms with van der Waals surface area (Å²) < 4.78 is 5.25. The van der Waals surface area contributed by atoms with Crippen LogP contribution in [0.2, 0.25) is 0 Å². The molecule has 0 amide bonds. The van der Waals surface area contributed by atoms with Gasteiger partial charge in [0.25, 0.3) is 0 Å². The van der Waals surface area contributed by atoms with Crippen LogP contribution in [0, 0.1) is 5.92 Å². The van der Waals surface area contributed by atoms with Gasteiger partial charge in [-0.3, -0.25) is 9.69 Å². The summed E-state index contributed by atoms with van der Waals surface area (Å²) in [5, 5.41) is 14.9. The lowest BCUT2D eigenvalue weighted by Gasteiger charge is -2.28. The topological polar surface area (TPSA) is 79.5 Å². The average molecular weight is 293 g/mol. The number of rotatable bonds is 4. The number of aromatic nitrogens is 2. The summed E-state index contributed by atoms with van der Waals surface area (Å²) in [4.78, 5) is 18.4. The van der Waals surface area contributed by atoms with Crippen LogP contribution in [-0.4, -0.2) is 39.2 Å². The lowest BCUT2D eigenvalue weighted by molar-refractivity contribution is -0.143. The Balaban J connectivity index is 1.58. The molecule has 1 aliphatic heterocycles. The zero-order valence-electron chi connectivity index (χ0n) is 10.9. The van der Waals surface area contributed by atoms with E-state index in [9.17, 15) is 4.79 Å². The minimum absolute atomic E-state index is 0.212. The van der Waals surface area contributed by atoms with Crippen molar-refractivity contribution >= 4 is 17.3 Å². The molecule has 6 nitrogen and oxygen atoms in total. The number of aliphatic carboxylic acids is 1. The molecule has 0 unspecified atom stereocenters. The zero-order valence-corrected chi connectivity index (χ0v) is 11.7. The van der Waals surface area contributed by atoms with Gasteiger partial charge in [0.05, 0.1) is 17.3 Å². The van der Waals surface area contributed by atoms with Gasteiger partial charge in [0, 0.05) is 0 Å². The van der Waals surface area contributed by atoms with E-state index < -0.39 is 5.97 Å². The molecule has 2 aromatic rings. The van der Waals surface area contributed by atoms with Crippen molar-refractivity contribution in [3.63, 3.8) is 0 Å². The van der Waals surface area contributed by atoms with Gasteiger partial charge in [-0.25, -0.2) is 0 Å². The van der Waals surface area contributed by atoms with Gasteiger partial charge in [0.1, 0.15) is 0 Å². The maximum atomic E-state index is 10.9. The number of piperidine rings is 1. The first kappa shape index (κ1) is 13.3. The van der Waals surface area contributed by atoms with E-state index >= 15 is 0 Å². The Hall–Kier alpha value is -1.73. The van der Waals surface area contributed by atoms with Crippen molar-refractivity contribution in [1.82, 2.24) is 15.0 Å². The lowest BCUT2D eigenvalue weighted by atomic mass is 9.97. The fourth-order valence-electron chi connectivity index (χ4n) is 2.35. The van der Waals surface area contributed by atoms with Crippen molar-refractivity contribution in [2.75, 3.05) is 13.1 Å². The van der Waals surface area contributed by atoms with E-state index in [0.29, 0.717) is 31.1 Å². The number of hydrogen-bond acceptors (Lipinski definition) is 6. The highest BCUT2D eigenvalue weighted by Gasteiger charge is 2.25. The molecule has 0 spiro atoms. The molecule has 1 saturated heterocycles. The predicted molar refractivity (Wildman–Crippen MR) is 73.2 cm³/mol. The van der Waals surface area contributed by atoms with Gasteiger partial charge in [-0.1, -0.05) is 11.2 Å². The quantitative estimate of drug-likeness (QED) is 0.930. The maximum absolute atomic E-state index is 10.9. The molecule has 1 N–H and O–H groups in total. The average Bonchev–Trinajstić information content (AvgIpc) is 3.09. The van der Waals surface area contributed by atoms with E-state index in [0.717, 1.165) is 18.0 Å². The zero-order chi connectivity index (χ0) is 13.9. The Morgan fingerprint density at radius 3 is 2.95 bits per heavy atom. The summed E-state index contributed by atoms with van der Waals surface area (Å²) >= 11 is 1.58. The van der Waals surface area contributed by atoms with Crippen molar-refractivity contribution < 1.29 is 14.4 Å². The first-order chi connectivity index (χ1) is 9.72. The van der Waals surface area contributed by atoms with Crippen LogP contribution in [0.5, 0.6) is 0 Å². The van der Waals surface area contributed by atoms with Crippen molar-refractivity contribution in [2.24, 2.45) is 5.92 Å². The van der Waals surface area contributed by atoms with E-state index in [1.807, 2.05) is 17.5 Å². The van der Waals surface area contributed by atoms with E-state index in [1.165, 1.54) is 0 Å². The molecule has 0 aromatic carbocycles. The van der Waals surface area contributed by atoms with Crippen LogP contribution in [0.25, 0.3) is 10.7 Å². The maximum Gasteiger partial charge on any atom is 0.306 e. The molecular formula is C13H15N3O3S. The number of thiophene rings is 1. The van der Waals surface area contributed by atoms with Gasteiger partial charge in [0.2, 0.25) is 11.7 Å². The van der Waals surface area contributed by atoms with Crippen molar-refractivity contribution in [1.29, 1.82) is 0 Å². The van der Waals surface area contributed by atoms with Crippen LogP contribution >= 0.6 is 11.3 Å². The van der Waals surface area contributed by atoms with Crippen LogP contribution in [0.1, 0.15) is 18.7 Å². The standard InChI is InChI=1S/C13H15N3O3S/c17-13(18)9-3-5-16(6-4-9)8-11-14-12(15-19-11)10-2-1-7-20-10/h1-2,7,9H,3-6,8H2,(H,17,18). The summed E-state index contributed by atoms with van der Waals surface area (Å²) in [5.74, 6) is 0.302. The van der Waals surface area contributed by atoms with E-state index in [2.05, 4.69) is 15.0 Å². The Morgan fingerprint density at radius 1 is 1.50 bits per heavy atom. The number of nitrogens with zero attached hydrogens (tertiary/aromatic N) is 3. The van der Waals surface area contributed by atoms with Gasteiger partial charge < -0.3 is 9.63 Å². The number of carboxylic acid groups (broad SMARTS) is 1. The lowest BCUT2D eigenvalue weighted by Crippen LogP contribution is -2.35. The summed E-state index contributed by atoms with van der Waals surface area (Å²) in [6, 6.07) is 3.91. The molecule has 1 fully saturated rings. The van der Waals surface area contributed by atoms with Crippen LogP contribution < -0.4 is 0 Å². The molecule has 20 heavy (non-hydrogen) atoms. The highest BCUT2D eigenvalue weighted by atomic mass is 32.1. The molecule has 7 heteroatoms. The predicted octanol–water partition coefficient (Wildman–Crippen LogP) is 2.09.